The van der Waals surface area contributed by atoms with Crippen LogP contribution in [0.5, 0.6) is 0 Å². The van der Waals surface area contributed by atoms with Crippen LogP contribution in [0.1, 0.15) is 17.5 Å². The molecule has 24 heavy (non-hydrogen) atoms. The van der Waals surface area contributed by atoms with Crippen LogP contribution in [0.2, 0.25) is 0 Å². The van der Waals surface area contributed by atoms with Crippen molar-refractivity contribution in [1.82, 2.24) is 4.90 Å². The molecule has 1 fully saturated rings. The van der Waals surface area contributed by atoms with E-state index in [1.165, 1.54) is 0 Å². The van der Waals surface area contributed by atoms with Crippen LogP contribution < -0.4 is 5.32 Å². The summed E-state index contributed by atoms with van der Waals surface area (Å²) in [6.45, 7) is 3.06. The Morgan fingerprint density at radius 1 is 1.21 bits per heavy atom. The highest BCUT2D eigenvalue weighted by atomic mass is 79.9. The van der Waals surface area contributed by atoms with Gasteiger partial charge in [0.15, 0.2) is 0 Å². The molecule has 0 aromatic heterocycles. The normalized spacial score (nSPS) is 17.2. The first kappa shape index (κ1) is 16.7. The number of nitrogens with zero attached hydrogens (tertiary/aromatic N) is 1. The molecule has 1 atom stereocenters. The molecule has 1 unspecified atom stereocenters. The zero-order chi connectivity index (χ0) is 17.1. The first-order chi connectivity index (χ1) is 11.5. The van der Waals surface area contributed by atoms with Crippen LogP contribution in [0.15, 0.2) is 53.0 Å². The lowest BCUT2D eigenvalue weighted by Gasteiger charge is -2.18. The summed E-state index contributed by atoms with van der Waals surface area (Å²) in [6, 6.07) is 15.5. The fraction of sp³-hybridized carbons (Fsp3) is 0.263. The first-order valence-electron chi connectivity index (χ1n) is 7.92. The predicted molar refractivity (Wildman–Crippen MR) is 97.5 cm³/mol. The van der Waals surface area contributed by atoms with Crippen LogP contribution in [0.25, 0.3) is 0 Å². The maximum atomic E-state index is 12.5. The van der Waals surface area contributed by atoms with Crippen molar-refractivity contribution in [2.75, 3.05) is 11.9 Å². The van der Waals surface area contributed by atoms with Crippen LogP contribution >= 0.6 is 15.9 Å². The van der Waals surface area contributed by atoms with Crippen molar-refractivity contribution >= 4 is 33.4 Å². The lowest BCUT2D eigenvalue weighted by Crippen LogP contribution is -2.28. The minimum Gasteiger partial charge on any atom is -0.338 e. The molecule has 0 spiro atoms. The minimum absolute atomic E-state index is 0.0329. The second-order valence-corrected chi connectivity index (χ2v) is 6.93. The maximum Gasteiger partial charge on any atom is 0.229 e. The zero-order valence-electron chi connectivity index (χ0n) is 13.5. The van der Waals surface area contributed by atoms with E-state index >= 15 is 0 Å². The van der Waals surface area contributed by atoms with Gasteiger partial charge in [-0.15, -0.1) is 0 Å². The number of halogens is 1. The summed E-state index contributed by atoms with van der Waals surface area (Å²) in [6.07, 6.45) is 0.266. The van der Waals surface area contributed by atoms with E-state index in [-0.39, 0.29) is 24.2 Å². The van der Waals surface area contributed by atoms with Gasteiger partial charge >= 0.3 is 0 Å². The number of nitrogens with one attached hydrogen (secondary N) is 1. The zero-order valence-corrected chi connectivity index (χ0v) is 15.0. The summed E-state index contributed by atoms with van der Waals surface area (Å²) >= 11 is 3.42. The van der Waals surface area contributed by atoms with Crippen molar-refractivity contribution in [2.45, 2.75) is 19.9 Å². The van der Waals surface area contributed by atoms with Crippen molar-refractivity contribution < 1.29 is 9.59 Å². The largest absolute Gasteiger partial charge is 0.338 e. The van der Waals surface area contributed by atoms with E-state index in [2.05, 4.69) is 21.2 Å². The van der Waals surface area contributed by atoms with Gasteiger partial charge in [-0.3, -0.25) is 9.59 Å². The molecular formula is C19H19BrN2O2. The van der Waals surface area contributed by atoms with Crippen molar-refractivity contribution in [3.8, 4) is 0 Å². The van der Waals surface area contributed by atoms with Crippen LogP contribution in [0.3, 0.4) is 0 Å². The van der Waals surface area contributed by atoms with Crippen molar-refractivity contribution in [3.05, 3.63) is 64.1 Å². The molecule has 0 radical (unpaired) electrons. The molecule has 2 aromatic carbocycles. The van der Waals surface area contributed by atoms with Gasteiger partial charge in [0.05, 0.1) is 11.6 Å². The summed E-state index contributed by atoms with van der Waals surface area (Å²) in [5.74, 6) is -0.387. The molecule has 1 aliphatic heterocycles. The Hall–Kier alpha value is -2.14. The van der Waals surface area contributed by atoms with Crippen molar-refractivity contribution in [3.63, 3.8) is 0 Å². The Labute approximate surface area is 150 Å². The number of anilines is 1. The van der Waals surface area contributed by atoms with E-state index in [4.69, 9.17) is 0 Å². The number of carbonyl (C=O) groups excluding carboxylic acids is 2. The van der Waals surface area contributed by atoms with E-state index in [0.717, 1.165) is 21.3 Å². The predicted octanol–water partition coefficient (Wildman–Crippen LogP) is 3.74. The standard InChI is InChI=1S/C19H19BrN2O2/c1-13-6-2-3-7-14(13)11-22-12-15(10-18(22)23)19(24)21-17-9-5-4-8-16(17)20/h2-9,15H,10-12H2,1H3,(H,21,24). The highest BCUT2D eigenvalue weighted by molar-refractivity contribution is 9.10. The smallest absolute Gasteiger partial charge is 0.229 e. The summed E-state index contributed by atoms with van der Waals surface area (Å²) in [5, 5.41) is 2.90. The summed E-state index contributed by atoms with van der Waals surface area (Å²) in [5.41, 5.74) is 3.01. The Kier molecular flexibility index (Phi) is 5.00. The number of likely N-dealkylation sites (tertiary alicyclic amines) is 1. The third-order valence-corrected chi connectivity index (χ3v) is 5.03. The van der Waals surface area contributed by atoms with Gasteiger partial charge in [0.1, 0.15) is 0 Å². The number of aryl methyl sites for hydroxylation is 1. The van der Waals surface area contributed by atoms with E-state index in [9.17, 15) is 9.59 Å². The van der Waals surface area contributed by atoms with Crippen LogP contribution in [0, 0.1) is 12.8 Å². The van der Waals surface area contributed by atoms with Gasteiger partial charge in [0.25, 0.3) is 0 Å². The van der Waals surface area contributed by atoms with Gasteiger partial charge in [0, 0.05) is 24.0 Å². The molecule has 5 heteroatoms. The van der Waals surface area contributed by atoms with Crippen LogP contribution in [-0.2, 0) is 16.1 Å². The van der Waals surface area contributed by atoms with Gasteiger partial charge in [-0.2, -0.15) is 0 Å². The molecule has 124 valence electrons. The van der Waals surface area contributed by atoms with Gasteiger partial charge in [-0.05, 0) is 46.1 Å². The lowest BCUT2D eigenvalue weighted by atomic mass is 10.1. The Morgan fingerprint density at radius 3 is 2.67 bits per heavy atom. The molecule has 1 aliphatic rings. The van der Waals surface area contributed by atoms with E-state index in [1.54, 1.807) is 4.90 Å². The molecule has 1 N–H and O–H groups in total. The van der Waals surface area contributed by atoms with E-state index < -0.39 is 0 Å². The second-order valence-electron chi connectivity index (χ2n) is 6.07. The lowest BCUT2D eigenvalue weighted by molar-refractivity contribution is -0.128. The molecule has 4 nitrogen and oxygen atoms in total. The topological polar surface area (TPSA) is 49.4 Å². The number of benzene rings is 2. The molecule has 0 bridgehead atoms. The molecule has 1 heterocycles. The molecule has 0 aliphatic carbocycles. The Balaban J connectivity index is 1.65. The highest BCUT2D eigenvalue weighted by Crippen LogP contribution is 2.25. The molecule has 3 rings (SSSR count). The summed E-state index contributed by atoms with van der Waals surface area (Å²) < 4.78 is 0.833. The Morgan fingerprint density at radius 2 is 1.92 bits per heavy atom. The van der Waals surface area contributed by atoms with Crippen LogP contribution in [-0.4, -0.2) is 23.3 Å². The average molecular weight is 387 g/mol. The average Bonchev–Trinajstić information content (AvgIpc) is 2.93. The molecule has 2 amide bonds. The third kappa shape index (κ3) is 3.67. The monoisotopic (exact) mass is 386 g/mol. The maximum absolute atomic E-state index is 12.5. The molecular weight excluding hydrogens is 368 g/mol. The van der Waals surface area contributed by atoms with Gasteiger partial charge in [-0.25, -0.2) is 0 Å². The number of amides is 2. The number of hydrogen-bond acceptors (Lipinski definition) is 2. The second kappa shape index (κ2) is 7.18. The van der Waals surface area contributed by atoms with Gasteiger partial charge in [0.2, 0.25) is 11.8 Å². The summed E-state index contributed by atoms with van der Waals surface area (Å²) in [4.78, 5) is 26.5. The number of carbonyl (C=O) groups is 2. The summed E-state index contributed by atoms with van der Waals surface area (Å²) in [7, 11) is 0. The fourth-order valence-electron chi connectivity index (χ4n) is 2.89. The van der Waals surface area contributed by atoms with Gasteiger partial charge < -0.3 is 10.2 Å². The number of rotatable bonds is 4. The minimum atomic E-state index is -0.311. The molecule has 1 saturated heterocycles. The SMILES string of the molecule is Cc1ccccc1CN1CC(C(=O)Nc2ccccc2Br)CC1=O. The van der Waals surface area contributed by atoms with Crippen LogP contribution in [0.4, 0.5) is 5.69 Å². The number of para-hydroxylation sites is 1. The van der Waals surface area contributed by atoms with E-state index in [1.807, 2.05) is 55.5 Å². The fourth-order valence-corrected chi connectivity index (χ4v) is 3.28. The quantitative estimate of drug-likeness (QED) is 0.869. The molecule has 0 saturated carbocycles. The van der Waals surface area contributed by atoms with Crippen molar-refractivity contribution in [1.29, 1.82) is 0 Å². The van der Waals surface area contributed by atoms with Crippen molar-refractivity contribution in [2.24, 2.45) is 5.92 Å². The Bertz CT molecular complexity index is 775. The molecule has 2 aromatic rings. The number of hydrogen-bond donors (Lipinski definition) is 1. The highest BCUT2D eigenvalue weighted by Gasteiger charge is 2.34. The first-order valence-corrected chi connectivity index (χ1v) is 8.71. The van der Waals surface area contributed by atoms with E-state index in [0.29, 0.717) is 13.1 Å². The van der Waals surface area contributed by atoms with Gasteiger partial charge in [-0.1, -0.05) is 36.4 Å². The third-order valence-electron chi connectivity index (χ3n) is 4.34.